The second-order valence-electron chi connectivity index (χ2n) is 6.94. The van der Waals surface area contributed by atoms with Crippen molar-refractivity contribution >= 4 is 5.69 Å². The van der Waals surface area contributed by atoms with Crippen LogP contribution in [-0.4, -0.2) is 69.3 Å². The highest BCUT2D eigenvalue weighted by Gasteiger charge is 2.21. The first-order chi connectivity index (χ1) is 13.7. The zero-order chi connectivity index (χ0) is 19.3. The van der Waals surface area contributed by atoms with Crippen LogP contribution < -0.4 is 23.8 Å². The number of anilines is 1. The third-order valence-electron chi connectivity index (χ3n) is 5.05. The van der Waals surface area contributed by atoms with Gasteiger partial charge in [-0.05, 0) is 24.3 Å². The normalized spacial score (nSPS) is 17.4. The van der Waals surface area contributed by atoms with Gasteiger partial charge in [0, 0.05) is 38.8 Å². The minimum atomic E-state index is -0.553. The highest BCUT2D eigenvalue weighted by Crippen LogP contribution is 2.35. The van der Waals surface area contributed by atoms with Gasteiger partial charge in [-0.25, -0.2) is 0 Å². The summed E-state index contributed by atoms with van der Waals surface area (Å²) < 4.78 is 21.8. The van der Waals surface area contributed by atoms with Crippen molar-refractivity contribution in [2.45, 2.75) is 6.10 Å². The van der Waals surface area contributed by atoms with E-state index in [1.54, 1.807) is 13.2 Å². The highest BCUT2D eigenvalue weighted by molar-refractivity contribution is 5.58. The topological polar surface area (TPSA) is 63.6 Å². The number of fused-ring (bicyclic) bond motifs is 1. The van der Waals surface area contributed by atoms with Crippen LogP contribution in [0, 0.1) is 0 Å². The number of β-amino-alcohol motifs (C(OH)–C–C–N with tert-alkyl or cyclic N) is 1. The average molecular weight is 386 g/mol. The number of aliphatic hydroxyl groups excluding tert-OH is 1. The van der Waals surface area contributed by atoms with Crippen molar-refractivity contribution in [3.05, 3.63) is 42.5 Å². The number of piperazine rings is 1. The van der Waals surface area contributed by atoms with E-state index in [1.165, 1.54) is 0 Å². The van der Waals surface area contributed by atoms with Gasteiger partial charge in [0.15, 0.2) is 11.5 Å². The molecule has 1 fully saturated rings. The van der Waals surface area contributed by atoms with E-state index in [1.807, 2.05) is 30.3 Å². The molecule has 28 heavy (non-hydrogen) atoms. The minimum absolute atomic E-state index is 0.238. The Morgan fingerprint density at radius 1 is 1.04 bits per heavy atom. The second-order valence-corrected chi connectivity index (χ2v) is 6.94. The maximum atomic E-state index is 10.4. The Morgan fingerprint density at radius 3 is 2.64 bits per heavy atom. The maximum absolute atomic E-state index is 10.4. The Kier molecular flexibility index (Phi) is 5.73. The number of para-hydroxylation sites is 2. The van der Waals surface area contributed by atoms with Crippen LogP contribution in [0.4, 0.5) is 5.69 Å². The Balaban J connectivity index is 1.23. The zero-order valence-electron chi connectivity index (χ0n) is 16.0. The lowest BCUT2D eigenvalue weighted by atomic mass is 10.2. The molecule has 150 valence electrons. The molecule has 0 radical (unpaired) electrons. The number of aliphatic hydroxyl groups is 1. The minimum Gasteiger partial charge on any atom is -0.495 e. The van der Waals surface area contributed by atoms with Crippen LogP contribution in [0.2, 0.25) is 0 Å². The molecule has 0 bridgehead atoms. The molecule has 0 spiro atoms. The molecule has 0 unspecified atom stereocenters. The molecule has 2 heterocycles. The van der Waals surface area contributed by atoms with Gasteiger partial charge in [-0.2, -0.15) is 0 Å². The summed E-state index contributed by atoms with van der Waals surface area (Å²) in [4.78, 5) is 4.59. The third kappa shape index (κ3) is 4.26. The van der Waals surface area contributed by atoms with Gasteiger partial charge >= 0.3 is 0 Å². The summed E-state index contributed by atoms with van der Waals surface area (Å²) >= 11 is 0. The number of methoxy groups -OCH3 is 1. The molecule has 1 atom stereocenters. The van der Waals surface area contributed by atoms with E-state index in [2.05, 4.69) is 15.9 Å². The van der Waals surface area contributed by atoms with Crippen LogP contribution in [0.15, 0.2) is 42.5 Å². The number of hydrogen-bond acceptors (Lipinski definition) is 7. The largest absolute Gasteiger partial charge is 0.495 e. The molecule has 7 heteroatoms. The van der Waals surface area contributed by atoms with Gasteiger partial charge < -0.3 is 29.0 Å². The van der Waals surface area contributed by atoms with Gasteiger partial charge in [-0.3, -0.25) is 4.90 Å². The number of rotatable bonds is 7. The van der Waals surface area contributed by atoms with Crippen molar-refractivity contribution in [2.75, 3.05) is 58.1 Å². The van der Waals surface area contributed by atoms with Gasteiger partial charge in [-0.15, -0.1) is 0 Å². The van der Waals surface area contributed by atoms with Gasteiger partial charge in [0.05, 0.1) is 12.8 Å². The molecular weight excluding hydrogens is 360 g/mol. The summed E-state index contributed by atoms with van der Waals surface area (Å²) in [7, 11) is 1.70. The number of nitrogens with zero attached hydrogens (tertiary/aromatic N) is 2. The third-order valence-corrected chi connectivity index (χ3v) is 5.05. The second kappa shape index (κ2) is 8.58. The molecule has 2 aliphatic heterocycles. The van der Waals surface area contributed by atoms with E-state index >= 15 is 0 Å². The molecule has 0 aromatic heterocycles. The monoisotopic (exact) mass is 386 g/mol. The SMILES string of the molecule is COc1ccccc1N1CCN(C[C@H](O)COc2ccc3c(c2)OCO3)CC1. The summed E-state index contributed by atoms with van der Waals surface area (Å²) in [5.74, 6) is 2.97. The predicted octanol–water partition coefficient (Wildman–Crippen LogP) is 1.99. The fourth-order valence-electron chi connectivity index (χ4n) is 3.57. The van der Waals surface area contributed by atoms with Gasteiger partial charge in [0.1, 0.15) is 24.2 Å². The van der Waals surface area contributed by atoms with Gasteiger partial charge in [0.25, 0.3) is 0 Å². The molecule has 4 rings (SSSR count). The molecular formula is C21H26N2O5. The van der Waals surface area contributed by atoms with Crippen molar-refractivity contribution in [1.82, 2.24) is 4.90 Å². The average Bonchev–Trinajstić information content (AvgIpc) is 3.21. The van der Waals surface area contributed by atoms with Crippen molar-refractivity contribution in [3.63, 3.8) is 0 Å². The van der Waals surface area contributed by atoms with E-state index < -0.39 is 6.10 Å². The van der Waals surface area contributed by atoms with Crippen LogP contribution in [0.3, 0.4) is 0 Å². The summed E-state index contributed by atoms with van der Waals surface area (Å²) in [6.45, 7) is 4.64. The van der Waals surface area contributed by atoms with E-state index in [0.29, 0.717) is 18.0 Å². The number of benzene rings is 2. The van der Waals surface area contributed by atoms with E-state index in [0.717, 1.165) is 43.4 Å². The van der Waals surface area contributed by atoms with Crippen LogP contribution >= 0.6 is 0 Å². The van der Waals surface area contributed by atoms with Crippen LogP contribution in [0.1, 0.15) is 0 Å². The maximum Gasteiger partial charge on any atom is 0.231 e. The van der Waals surface area contributed by atoms with Crippen molar-refractivity contribution in [2.24, 2.45) is 0 Å². The lowest BCUT2D eigenvalue weighted by Gasteiger charge is -2.37. The Hall–Kier alpha value is -2.64. The van der Waals surface area contributed by atoms with Gasteiger partial charge in [-0.1, -0.05) is 12.1 Å². The summed E-state index contributed by atoms with van der Waals surface area (Å²) in [5, 5.41) is 10.4. The fourth-order valence-corrected chi connectivity index (χ4v) is 3.57. The zero-order valence-corrected chi connectivity index (χ0v) is 16.0. The fraction of sp³-hybridized carbons (Fsp3) is 0.429. The molecule has 2 aliphatic rings. The summed E-state index contributed by atoms with van der Waals surface area (Å²) in [5.41, 5.74) is 1.12. The molecule has 0 amide bonds. The van der Waals surface area contributed by atoms with E-state index in [-0.39, 0.29) is 13.4 Å². The van der Waals surface area contributed by atoms with E-state index in [9.17, 15) is 5.11 Å². The van der Waals surface area contributed by atoms with Crippen LogP contribution in [0.25, 0.3) is 0 Å². The lowest BCUT2D eigenvalue weighted by molar-refractivity contribution is 0.0662. The molecule has 1 N–H and O–H groups in total. The summed E-state index contributed by atoms with van der Waals surface area (Å²) in [6, 6.07) is 13.5. The van der Waals surface area contributed by atoms with E-state index in [4.69, 9.17) is 18.9 Å². The Bertz CT molecular complexity index is 792. The molecule has 2 aromatic rings. The quantitative estimate of drug-likeness (QED) is 0.781. The Labute approximate surface area is 165 Å². The highest BCUT2D eigenvalue weighted by atomic mass is 16.7. The Morgan fingerprint density at radius 2 is 1.82 bits per heavy atom. The molecule has 2 aromatic carbocycles. The van der Waals surface area contributed by atoms with Crippen molar-refractivity contribution in [3.8, 4) is 23.0 Å². The smallest absolute Gasteiger partial charge is 0.231 e. The first kappa shape index (κ1) is 18.7. The number of ether oxygens (including phenoxy) is 4. The molecule has 0 saturated carbocycles. The molecule has 0 aliphatic carbocycles. The molecule has 7 nitrogen and oxygen atoms in total. The predicted molar refractivity (Wildman–Crippen MR) is 106 cm³/mol. The standard InChI is InChI=1S/C21H26N2O5/c1-25-19-5-3-2-4-18(19)23-10-8-22(9-11-23)13-16(24)14-26-17-6-7-20-21(12-17)28-15-27-20/h2-7,12,16,24H,8-11,13-15H2,1H3/t16-/m0/s1. The first-order valence-corrected chi connectivity index (χ1v) is 9.54. The summed E-state index contributed by atoms with van der Waals surface area (Å²) in [6.07, 6.45) is -0.553. The van der Waals surface area contributed by atoms with Crippen LogP contribution in [0.5, 0.6) is 23.0 Å². The first-order valence-electron chi connectivity index (χ1n) is 9.54. The molecule has 1 saturated heterocycles. The van der Waals surface area contributed by atoms with Gasteiger partial charge in [0.2, 0.25) is 6.79 Å². The number of hydrogen-bond donors (Lipinski definition) is 1. The lowest BCUT2D eigenvalue weighted by Crippen LogP contribution is -2.49. The van der Waals surface area contributed by atoms with Crippen molar-refractivity contribution < 1.29 is 24.1 Å². The van der Waals surface area contributed by atoms with Crippen molar-refractivity contribution in [1.29, 1.82) is 0 Å². The van der Waals surface area contributed by atoms with Crippen LogP contribution in [-0.2, 0) is 0 Å².